The maximum atomic E-state index is 6.28. The predicted molar refractivity (Wildman–Crippen MR) is 77.7 cm³/mol. The maximum absolute atomic E-state index is 6.28. The Morgan fingerprint density at radius 2 is 2.00 bits per heavy atom. The zero-order chi connectivity index (χ0) is 14.1. The molecule has 106 valence electrons. The van der Waals surface area contributed by atoms with Gasteiger partial charge in [0.05, 0.1) is 16.8 Å². The van der Waals surface area contributed by atoms with Gasteiger partial charge in [-0.05, 0) is 6.92 Å². The summed E-state index contributed by atoms with van der Waals surface area (Å²) >= 11 is 6.28. The molecule has 1 N–H and O–H groups in total. The molecule has 0 radical (unpaired) electrons. The summed E-state index contributed by atoms with van der Waals surface area (Å²) in [6, 6.07) is 3.69. The van der Waals surface area contributed by atoms with E-state index in [2.05, 4.69) is 10.3 Å². The Hall–Kier alpha value is -1.88. The lowest BCUT2D eigenvalue weighted by atomic mass is 10.2. The SMILES string of the molecule is CC(Nc1cc2c(cc1Cl)OCCO2)c1nccn1C. The molecular formula is C14H16ClN3O2. The fourth-order valence-electron chi connectivity index (χ4n) is 2.27. The Balaban J connectivity index is 1.85. The van der Waals surface area contributed by atoms with Crippen LogP contribution in [0, 0.1) is 0 Å². The molecule has 1 aliphatic rings. The van der Waals surface area contributed by atoms with Crippen LogP contribution in [0.5, 0.6) is 11.5 Å². The first kappa shape index (κ1) is 13.1. The number of benzene rings is 1. The fraction of sp³-hybridized carbons (Fsp3) is 0.357. The molecule has 1 aliphatic heterocycles. The highest BCUT2D eigenvalue weighted by Gasteiger charge is 2.17. The first-order valence-electron chi connectivity index (χ1n) is 6.48. The number of fused-ring (bicyclic) bond motifs is 1. The van der Waals surface area contributed by atoms with E-state index in [1.54, 1.807) is 12.3 Å². The van der Waals surface area contributed by atoms with E-state index in [-0.39, 0.29) is 6.04 Å². The van der Waals surface area contributed by atoms with Gasteiger partial charge in [-0.25, -0.2) is 4.98 Å². The number of rotatable bonds is 3. The summed E-state index contributed by atoms with van der Waals surface area (Å²) in [5.41, 5.74) is 0.811. The van der Waals surface area contributed by atoms with Gasteiger partial charge >= 0.3 is 0 Å². The summed E-state index contributed by atoms with van der Waals surface area (Å²) in [5.74, 6) is 2.35. The normalized spacial score (nSPS) is 14.9. The predicted octanol–water partition coefficient (Wildman–Crippen LogP) is 3.02. The van der Waals surface area contributed by atoms with Gasteiger partial charge in [0.15, 0.2) is 11.5 Å². The lowest BCUT2D eigenvalue weighted by Gasteiger charge is -2.22. The van der Waals surface area contributed by atoms with E-state index < -0.39 is 0 Å². The summed E-state index contributed by atoms with van der Waals surface area (Å²) < 4.78 is 13.0. The van der Waals surface area contributed by atoms with E-state index in [1.807, 2.05) is 30.8 Å². The number of hydrogen-bond donors (Lipinski definition) is 1. The van der Waals surface area contributed by atoms with Gasteiger partial charge < -0.3 is 19.4 Å². The zero-order valence-corrected chi connectivity index (χ0v) is 12.1. The van der Waals surface area contributed by atoms with Crippen molar-refractivity contribution in [2.45, 2.75) is 13.0 Å². The van der Waals surface area contributed by atoms with Crippen LogP contribution in [0.2, 0.25) is 5.02 Å². The van der Waals surface area contributed by atoms with Gasteiger partial charge in [0.1, 0.15) is 19.0 Å². The van der Waals surface area contributed by atoms with Crippen molar-refractivity contribution in [2.24, 2.45) is 7.05 Å². The Morgan fingerprint density at radius 3 is 2.65 bits per heavy atom. The molecule has 3 rings (SSSR count). The molecule has 5 nitrogen and oxygen atoms in total. The second-order valence-electron chi connectivity index (χ2n) is 4.74. The maximum Gasteiger partial charge on any atom is 0.163 e. The van der Waals surface area contributed by atoms with Crippen LogP contribution in [-0.4, -0.2) is 22.8 Å². The van der Waals surface area contributed by atoms with Gasteiger partial charge in [-0.2, -0.15) is 0 Å². The summed E-state index contributed by atoms with van der Waals surface area (Å²) in [4.78, 5) is 4.33. The summed E-state index contributed by atoms with van der Waals surface area (Å²) in [7, 11) is 1.96. The van der Waals surface area contributed by atoms with Crippen LogP contribution in [-0.2, 0) is 7.05 Å². The molecule has 1 aromatic carbocycles. The minimum Gasteiger partial charge on any atom is -0.486 e. The summed E-state index contributed by atoms with van der Waals surface area (Å²) in [6.45, 7) is 3.15. The van der Waals surface area contributed by atoms with Crippen LogP contribution in [0.1, 0.15) is 18.8 Å². The van der Waals surface area contributed by atoms with E-state index in [0.29, 0.717) is 24.0 Å². The monoisotopic (exact) mass is 293 g/mol. The molecule has 0 aliphatic carbocycles. The number of hydrogen-bond acceptors (Lipinski definition) is 4. The Morgan fingerprint density at radius 1 is 1.30 bits per heavy atom. The highest BCUT2D eigenvalue weighted by atomic mass is 35.5. The van der Waals surface area contributed by atoms with Crippen LogP contribution in [0.4, 0.5) is 5.69 Å². The first-order chi connectivity index (χ1) is 9.65. The smallest absolute Gasteiger partial charge is 0.163 e. The molecule has 0 saturated heterocycles. The highest BCUT2D eigenvalue weighted by Crippen LogP contribution is 2.38. The number of anilines is 1. The third-order valence-corrected chi connectivity index (χ3v) is 3.56. The highest BCUT2D eigenvalue weighted by molar-refractivity contribution is 6.33. The second-order valence-corrected chi connectivity index (χ2v) is 5.15. The third kappa shape index (κ3) is 2.41. The van der Waals surface area contributed by atoms with Crippen LogP contribution in [0.15, 0.2) is 24.5 Å². The molecule has 2 aromatic rings. The number of nitrogens with one attached hydrogen (secondary N) is 1. The van der Waals surface area contributed by atoms with Crippen molar-refractivity contribution >= 4 is 17.3 Å². The molecule has 1 atom stereocenters. The van der Waals surface area contributed by atoms with E-state index in [9.17, 15) is 0 Å². The minimum atomic E-state index is 0.0371. The standard InChI is InChI=1S/C14H16ClN3O2/c1-9(14-16-3-4-18(14)2)17-11-8-13-12(7-10(11)15)19-5-6-20-13/h3-4,7-9,17H,5-6H2,1-2H3. The van der Waals surface area contributed by atoms with E-state index in [0.717, 1.165) is 17.3 Å². The topological polar surface area (TPSA) is 48.3 Å². The number of nitrogens with zero attached hydrogens (tertiary/aromatic N) is 2. The van der Waals surface area contributed by atoms with Gasteiger partial charge in [-0.3, -0.25) is 0 Å². The van der Waals surface area contributed by atoms with Gasteiger partial charge in [0, 0.05) is 31.6 Å². The number of aryl methyl sites for hydroxylation is 1. The van der Waals surface area contributed by atoms with Crippen molar-refractivity contribution in [3.63, 3.8) is 0 Å². The molecule has 0 amide bonds. The molecule has 1 unspecified atom stereocenters. The van der Waals surface area contributed by atoms with Crippen molar-refractivity contribution < 1.29 is 9.47 Å². The molecular weight excluding hydrogens is 278 g/mol. The Labute approximate surface area is 122 Å². The van der Waals surface area contributed by atoms with Crippen molar-refractivity contribution in [1.82, 2.24) is 9.55 Å². The van der Waals surface area contributed by atoms with Crippen molar-refractivity contribution in [3.05, 3.63) is 35.4 Å². The van der Waals surface area contributed by atoms with Crippen LogP contribution >= 0.6 is 11.6 Å². The summed E-state index contributed by atoms with van der Waals surface area (Å²) in [6.07, 6.45) is 3.69. The van der Waals surface area contributed by atoms with Crippen molar-refractivity contribution in [3.8, 4) is 11.5 Å². The van der Waals surface area contributed by atoms with E-state index >= 15 is 0 Å². The molecule has 0 saturated carbocycles. The minimum absolute atomic E-state index is 0.0371. The fourth-order valence-corrected chi connectivity index (χ4v) is 2.47. The number of aromatic nitrogens is 2. The molecule has 1 aromatic heterocycles. The van der Waals surface area contributed by atoms with Gasteiger partial charge in [0.2, 0.25) is 0 Å². The van der Waals surface area contributed by atoms with Crippen LogP contribution in [0.25, 0.3) is 0 Å². The molecule has 0 fully saturated rings. The van der Waals surface area contributed by atoms with E-state index in [1.165, 1.54) is 0 Å². The van der Waals surface area contributed by atoms with Gasteiger partial charge in [0.25, 0.3) is 0 Å². The van der Waals surface area contributed by atoms with E-state index in [4.69, 9.17) is 21.1 Å². The number of imidazole rings is 1. The van der Waals surface area contributed by atoms with Crippen LogP contribution in [0.3, 0.4) is 0 Å². The van der Waals surface area contributed by atoms with Gasteiger partial charge in [-0.1, -0.05) is 11.6 Å². The molecule has 6 heteroatoms. The van der Waals surface area contributed by atoms with Crippen LogP contribution < -0.4 is 14.8 Å². The first-order valence-corrected chi connectivity index (χ1v) is 6.86. The number of ether oxygens (including phenoxy) is 2. The Kier molecular flexibility index (Phi) is 3.44. The molecule has 0 spiro atoms. The Bertz CT molecular complexity index is 627. The third-order valence-electron chi connectivity index (χ3n) is 3.25. The average molecular weight is 294 g/mol. The molecule has 20 heavy (non-hydrogen) atoms. The second kappa shape index (κ2) is 5.25. The molecule has 0 bridgehead atoms. The summed E-state index contributed by atoms with van der Waals surface area (Å²) in [5, 5.41) is 3.96. The van der Waals surface area contributed by atoms with Gasteiger partial charge in [-0.15, -0.1) is 0 Å². The quantitative estimate of drug-likeness (QED) is 0.945. The number of halogens is 1. The zero-order valence-electron chi connectivity index (χ0n) is 11.4. The lowest BCUT2D eigenvalue weighted by Crippen LogP contribution is -2.16. The van der Waals surface area contributed by atoms with Crippen molar-refractivity contribution in [2.75, 3.05) is 18.5 Å². The molecule has 2 heterocycles. The lowest BCUT2D eigenvalue weighted by molar-refractivity contribution is 0.171. The largest absolute Gasteiger partial charge is 0.486 e. The average Bonchev–Trinajstić information content (AvgIpc) is 2.86. The van der Waals surface area contributed by atoms with Crippen molar-refractivity contribution in [1.29, 1.82) is 0 Å².